The van der Waals surface area contributed by atoms with Crippen molar-refractivity contribution in [1.82, 2.24) is 9.62 Å². The number of nitrogens with one attached hydrogen (secondary N) is 1. The van der Waals surface area contributed by atoms with Gasteiger partial charge in [-0.1, -0.05) is 12.1 Å². The second kappa shape index (κ2) is 7.31. The molecule has 0 unspecified atom stereocenters. The minimum Gasteiger partial charge on any atom is -0.507 e. The average molecular weight is 340 g/mol. The van der Waals surface area contributed by atoms with Crippen LogP contribution in [0.3, 0.4) is 0 Å². The lowest BCUT2D eigenvalue weighted by molar-refractivity contribution is 0.0673. The summed E-state index contributed by atoms with van der Waals surface area (Å²) in [6.45, 7) is 4.73. The van der Waals surface area contributed by atoms with E-state index in [0.29, 0.717) is 19.6 Å². The smallest absolute Gasteiger partial charge is 0.257 e. The number of sulfonamides is 1. The molecule has 1 fully saturated rings. The summed E-state index contributed by atoms with van der Waals surface area (Å²) >= 11 is 0. The van der Waals surface area contributed by atoms with Crippen molar-refractivity contribution < 1.29 is 18.3 Å². The summed E-state index contributed by atoms with van der Waals surface area (Å²) in [7, 11) is -3.29. The van der Waals surface area contributed by atoms with E-state index in [1.165, 1.54) is 6.07 Å². The van der Waals surface area contributed by atoms with Gasteiger partial charge in [-0.3, -0.25) is 4.79 Å². The molecule has 7 heteroatoms. The zero-order chi connectivity index (χ0) is 17.0. The number of hydrogen-bond donors (Lipinski definition) is 2. The Morgan fingerprint density at radius 2 is 2.09 bits per heavy atom. The summed E-state index contributed by atoms with van der Waals surface area (Å²) in [5.41, 5.74) is 0.288. The number of para-hydroxylation sites is 1. The molecule has 1 aliphatic heterocycles. The normalized spacial score (nSPS) is 19.1. The lowest BCUT2D eigenvalue weighted by Gasteiger charge is -2.33. The molecule has 0 bridgehead atoms. The quantitative estimate of drug-likeness (QED) is 0.852. The van der Waals surface area contributed by atoms with E-state index in [9.17, 15) is 18.3 Å². The van der Waals surface area contributed by atoms with E-state index in [0.717, 1.165) is 12.8 Å². The Labute approximate surface area is 137 Å². The average Bonchev–Trinajstić information content (AvgIpc) is 2.53. The van der Waals surface area contributed by atoms with Crippen molar-refractivity contribution in [2.45, 2.75) is 31.9 Å². The molecule has 6 nitrogen and oxygen atoms in total. The highest BCUT2D eigenvalue weighted by Crippen LogP contribution is 2.22. The molecule has 0 aromatic heterocycles. The van der Waals surface area contributed by atoms with Gasteiger partial charge in [-0.05, 0) is 44.7 Å². The molecule has 1 aromatic rings. The molecular weight excluding hydrogens is 316 g/mol. The number of hydrogen-bond acceptors (Lipinski definition) is 4. The first-order valence-corrected chi connectivity index (χ1v) is 9.41. The van der Waals surface area contributed by atoms with Crippen molar-refractivity contribution in [3.05, 3.63) is 29.8 Å². The third-order valence-electron chi connectivity index (χ3n) is 4.13. The summed E-state index contributed by atoms with van der Waals surface area (Å²) in [6, 6.07) is 6.48. The summed E-state index contributed by atoms with van der Waals surface area (Å²) in [4.78, 5) is 14.2. The topological polar surface area (TPSA) is 86.7 Å². The maximum Gasteiger partial charge on any atom is 0.257 e. The third-order valence-corrected chi connectivity index (χ3v) is 5.94. The Hall–Kier alpha value is -1.60. The SMILES string of the molecule is CC(C)S(=O)(=O)NC[C@@H]1CCCN(C(=O)c2ccccc2O)C1. The van der Waals surface area contributed by atoms with Gasteiger partial charge in [0, 0.05) is 19.6 Å². The molecule has 128 valence electrons. The molecule has 0 spiro atoms. The summed E-state index contributed by atoms with van der Waals surface area (Å²) in [5.74, 6) is -0.147. The molecule has 0 aliphatic carbocycles. The number of likely N-dealkylation sites (tertiary alicyclic amines) is 1. The number of piperidine rings is 1. The van der Waals surface area contributed by atoms with Crippen LogP contribution in [0.25, 0.3) is 0 Å². The van der Waals surface area contributed by atoms with Gasteiger partial charge in [0.05, 0.1) is 10.8 Å². The maximum absolute atomic E-state index is 12.5. The Bertz CT molecular complexity index is 658. The minimum atomic E-state index is -3.29. The molecule has 2 rings (SSSR count). The van der Waals surface area contributed by atoms with Crippen LogP contribution in [0.2, 0.25) is 0 Å². The highest BCUT2D eigenvalue weighted by Gasteiger charge is 2.27. The molecule has 1 aromatic carbocycles. The van der Waals surface area contributed by atoms with Gasteiger partial charge in [0.25, 0.3) is 5.91 Å². The number of nitrogens with zero attached hydrogens (tertiary/aromatic N) is 1. The molecule has 0 saturated carbocycles. The fourth-order valence-electron chi connectivity index (χ4n) is 2.64. The second-order valence-corrected chi connectivity index (χ2v) is 8.54. The molecule has 1 saturated heterocycles. The van der Waals surface area contributed by atoms with Crippen molar-refractivity contribution in [2.24, 2.45) is 5.92 Å². The first-order chi connectivity index (χ1) is 10.8. The summed E-state index contributed by atoms with van der Waals surface area (Å²) < 4.78 is 26.3. The second-order valence-electron chi connectivity index (χ2n) is 6.22. The molecule has 23 heavy (non-hydrogen) atoms. The Kier molecular flexibility index (Phi) is 5.64. The van der Waals surface area contributed by atoms with E-state index >= 15 is 0 Å². The molecule has 2 N–H and O–H groups in total. The van der Waals surface area contributed by atoms with Crippen LogP contribution < -0.4 is 4.72 Å². The molecule has 1 aliphatic rings. The zero-order valence-electron chi connectivity index (χ0n) is 13.5. The van der Waals surface area contributed by atoms with Crippen LogP contribution in [0.4, 0.5) is 0 Å². The molecule has 1 atom stereocenters. The highest BCUT2D eigenvalue weighted by atomic mass is 32.2. The van der Waals surface area contributed by atoms with Gasteiger partial charge in [-0.25, -0.2) is 13.1 Å². The van der Waals surface area contributed by atoms with Crippen molar-refractivity contribution >= 4 is 15.9 Å². The molecule has 1 heterocycles. The van der Waals surface area contributed by atoms with Gasteiger partial charge in [0.2, 0.25) is 10.0 Å². The summed E-state index contributed by atoms with van der Waals surface area (Å²) in [6.07, 6.45) is 1.71. The predicted octanol–water partition coefficient (Wildman–Crippen LogP) is 1.57. The van der Waals surface area contributed by atoms with Gasteiger partial charge in [-0.15, -0.1) is 0 Å². The number of carbonyl (C=O) groups is 1. The van der Waals surface area contributed by atoms with Gasteiger partial charge >= 0.3 is 0 Å². The minimum absolute atomic E-state index is 0.0277. The van der Waals surface area contributed by atoms with Crippen molar-refractivity contribution in [3.63, 3.8) is 0 Å². The van der Waals surface area contributed by atoms with Gasteiger partial charge in [0.15, 0.2) is 0 Å². The number of rotatable bonds is 5. The fraction of sp³-hybridized carbons (Fsp3) is 0.562. The number of phenolic OH excluding ortho intramolecular Hbond substituents is 1. The van der Waals surface area contributed by atoms with Crippen LogP contribution in [0.1, 0.15) is 37.0 Å². The van der Waals surface area contributed by atoms with Crippen molar-refractivity contribution in [3.8, 4) is 5.75 Å². The van der Waals surface area contributed by atoms with Crippen LogP contribution >= 0.6 is 0 Å². The van der Waals surface area contributed by atoms with E-state index in [-0.39, 0.29) is 23.1 Å². The van der Waals surface area contributed by atoms with E-state index in [1.807, 2.05) is 0 Å². The number of benzene rings is 1. The monoisotopic (exact) mass is 340 g/mol. The Morgan fingerprint density at radius 3 is 2.74 bits per heavy atom. The third kappa shape index (κ3) is 4.45. The first-order valence-electron chi connectivity index (χ1n) is 7.87. The van der Waals surface area contributed by atoms with Crippen LogP contribution in [0, 0.1) is 5.92 Å². The molecule has 1 amide bonds. The van der Waals surface area contributed by atoms with Crippen LogP contribution in [-0.4, -0.2) is 49.2 Å². The van der Waals surface area contributed by atoms with E-state index in [1.54, 1.807) is 36.9 Å². The first kappa shape index (κ1) is 17.7. The van der Waals surface area contributed by atoms with Crippen LogP contribution in [0.15, 0.2) is 24.3 Å². The van der Waals surface area contributed by atoms with Gasteiger partial charge in [-0.2, -0.15) is 0 Å². The number of amides is 1. The van der Waals surface area contributed by atoms with Crippen LogP contribution in [-0.2, 0) is 10.0 Å². The maximum atomic E-state index is 12.5. The Balaban J connectivity index is 1.98. The van der Waals surface area contributed by atoms with E-state index in [4.69, 9.17) is 0 Å². The van der Waals surface area contributed by atoms with Crippen LogP contribution in [0.5, 0.6) is 5.75 Å². The standard InChI is InChI=1S/C16H24N2O4S/c1-12(2)23(21,22)17-10-13-6-5-9-18(11-13)16(20)14-7-3-4-8-15(14)19/h3-4,7-8,12-13,17,19H,5-6,9-11H2,1-2H3/t13-/m0/s1. The van der Waals surface area contributed by atoms with E-state index in [2.05, 4.69) is 4.72 Å². The molecular formula is C16H24N2O4S. The molecule has 0 radical (unpaired) electrons. The van der Waals surface area contributed by atoms with E-state index < -0.39 is 15.3 Å². The predicted molar refractivity (Wildman–Crippen MR) is 88.8 cm³/mol. The van der Waals surface area contributed by atoms with Crippen molar-refractivity contribution in [1.29, 1.82) is 0 Å². The van der Waals surface area contributed by atoms with Crippen molar-refractivity contribution in [2.75, 3.05) is 19.6 Å². The lowest BCUT2D eigenvalue weighted by Crippen LogP contribution is -2.44. The van der Waals surface area contributed by atoms with Gasteiger partial charge in [0.1, 0.15) is 5.75 Å². The largest absolute Gasteiger partial charge is 0.507 e. The van der Waals surface area contributed by atoms with Gasteiger partial charge < -0.3 is 10.0 Å². The fourth-order valence-corrected chi connectivity index (χ4v) is 3.44. The number of aromatic hydroxyl groups is 1. The number of phenols is 1. The lowest BCUT2D eigenvalue weighted by atomic mass is 9.97. The zero-order valence-corrected chi connectivity index (χ0v) is 14.3. The number of carbonyl (C=O) groups excluding carboxylic acids is 1. The highest BCUT2D eigenvalue weighted by molar-refractivity contribution is 7.90. The Morgan fingerprint density at radius 1 is 1.39 bits per heavy atom. The summed E-state index contributed by atoms with van der Waals surface area (Å²) in [5, 5.41) is 9.34.